The molecule has 0 aromatic heterocycles. The summed E-state index contributed by atoms with van der Waals surface area (Å²) in [5.74, 6) is -0.305. The lowest BCUT2D eigenvalue weighted by Gasteiger charge is -2.15. The summed E-state index contributed by atoms with van der Waals surface area (Å²) in [7, 11) is 0. The zero-order valence-electron chi connectivity index (χ0n) is 19.9. The summed E-state index contributed by atoms with van der Waals surface area (Å²) in [4.78, 5) is 53.0. The molecule has 4 rings (SSSR count). The van der Waals surface area contributed by atoms with Crippen molar-refractivity contribution in [1.29, 1.82) is 0 Å². The summed E-state index contributed by atoms with van der Waals surface area (Å²) in [6.45, 7) is 3.20. The van der Waals surface area contributed by atoms with Crippen LogP contribution in [0, 0.1) is 0 Å². The zero-order chi connectivity index (χ0) is 24.6. The fraction of sp³-hybridized carbons (Fsp3) is 0.407. The van der Waals surface area contributed by atoms with Gasteiger partial charge in [0.1, 0.15) is 0 Å². The maximum atomic E-state index is 12.4. The number of carbonyl (C=O) groups is 4. The Balaban J connectivity index is 1.16. The molecule has 0 spiro atoms. The van der Waals surface area contributed by atoms with Gasteiger partial charge in [-0.1, -0.05) is 0 Å². The average molecular weight is 477 g/mol. The van der Waals surface area contributed by atoms with Gasteiger partial charge in [0.15, 0.2) is 0 Å². The molecule has 184 valence electrons. The molecule has 4 amide bonds. The molecule has 2 aromatic rings. The molecule has 2 heterocycles. The van der Waals surface area contributed by atoms with Crippen molar-refractivity contribution in [2.45, 2.75) is 44.9 Å². The van der Waals surface area contributed by atoms with E-state index >= 15 is 0 Å². The molecule has 0 unspecified atom stereocenters. The molecule has 8 nitrogen and oxygen atoms in total. The Morgan fingerprint density at radius 2 is 0.914 bits per heavy atom. The zero-order valence-corrected chi connectivity index (χ0v) is 19.9. The Morgan fingerprint density at radius 3 is 1.26 bits per heavy atom. The fourth-order valence-electron chi connectivity index (χ4n) is 4.45. The highest BCUT2D eigenvalue weighted by Crippen LogP contribution is 2.17. The smallest absolute Gasteiger partial charge is 0.253 e. The third kappa shape index (κ3) is 6.68. The second kappa shape index (κ2) is 11.6. The SMILES string of the molecule is O=C(CCCC(=O)Nc1ccc(C(=O)N2CCCC2)cc1)Nc1ccc(C(=O)N2CCCC2)cc1. The van der Waals surface area contributed by atoms with E-state index in [1.54, 1.807) is 48.5 Å². The molecule has 0 bridgehead atoms. The van der Waals surface area contributed by atoms with E-state index in [0.29, 0.717) is 28.9 Å². The van der Waals surface area contributed by atoms with E-state index in [1.807, 2.05) is 9.80 Å². The van der Waals surface area contributed by atoms with E-state index in [4.69, 9.17) is 0 Å². The van der Waals surface area contributed by atoms with Gasteiger partial charge in [0.25, 0.3) is 11.8 Å². The molecular formula is C27H32N4O4. The van der Waals surface area contributed by atoms with Gasteiger partial charge in [-0.25, -0.2) is 0 Å². The van der Waals surface area contributed by atoms with E-state index in [-0.39, 0.29) is 36.5 Å². The van der Waals surface area contributed by atoms with Crippen LogP contribution in [0.5, 0.6) is 0 Å². The number of anilines is 2. The first-order valence-electron chi connectivity index (χ1n) is 12.4. The monoisotopic (exact) mass is 476 g/mol. The molecule has 2 aromatic carbocycles. The predicted octanol–water partition coefficient (Wildman–Crippen LogP) is 3.91. The number of benzene rings is 2. The van der Waals surface area contributed by atoms with Crippen LogP contribution in [0.1, 0.15) is 65.7 Å². The van der Waals surface area contributed by atoms with Crippen molar-refractivity contribution < 1.29 is 19.2 Å². The van der Waals surface area contributed by atoms with Crippen LogP contribution in [-0.4, -0.2) is 59.6 Å². The quantitative estimate of drug-likeness (QED) is 0.604. The van der Waals surface area contributed by atoms with Crippen molar-refractivity contribution in [3.8, 4) is 0 Å². The second-order valence-corrected chi connectivity index (χ2v) is 9.10. The van der Waals surface area contributed by atoms with Gasteiger partial charge in [-0.05, 0) is 80.6 Å². The Kier molecular flexibility index (Phi) is 8.13. The summed E-state index contributed by atoms with van der Waals surface area (Å²) < 4.78 is 0. The Morgan fingerprint density at radius 1 is 0.571 bits per heavy atom. The summed E-state index contributed by atoms with van der Waals surface area (Å²) >= 11 is 0. The standard InChI is InChI=1S/C27H32N4O4/c32-24(28-22-12-8-20(9-13-22)26(34)30-16-1-2-17-30)6-5-7-25(33)29-23-14-10-21(11-15-23)27(35)31-18-3-4-19-31/h8-15H,1-7,16-19H2,(H,28,32)(H,29,33). The molecule has 35 heavy (non-hydrogen) atoms. The van der Waals surface area contributed by atoms with Gasteiger partial charge >= 0.3 is 0 Å². The molecule has 2 fully saturated rings. The molecule has 8 heteroatoms. The minimum Gasteiger partial charge on any atom is -0.339 e. The van der Waals surface area contributed by atoms with Gasteiger partial charge in [-0.2, -0.15) is 0 Å². The van der Waals surface area contributed by atoms with Crippen LogP contribution in [-0.2, 0) is 9.59 Å². The van der Waals surface area contributed by atoms with Crippen molar-refractivity contribution in [2.24, 2.45) is 0 Å². The maximum Gasteiger partial charge on any atom is 0.253 e. The lowest BCUT2D eigenvalue weighted by Crippen LogP contribution is -2.27. The first-order valence-corrected chi connectivity index (χ1v) is 12.4. The second-order valence-electron chi connectivity index (χ2n) is 9.10. The van der Waals surface area contributed by atoms with Crippen LogP contribution in [0.2, 0.25) is 0 Å². The van der Waals surface area contributed by atoms with Crippen LogP contribution in [0.15, 0.2) is 48.5 Å². The van der Waals surface area contributed by atoms with Gasteiger partial charge < -0.3 is 20.4 Å². The van der Waals surface area contributed by atoms with Crippen LogP contribution < -0.4 is 10.6 Å². The number of nitrogens with one attached hydrogen (secondary N) is 2. The highest BCUT2D eigenvalue weighted by Gasteiger charge is 2.20. The van der Waals surface area contributed by atoms with Crippen molar-refractivity contribution in [3.63, 3.8) is 0 Å². The van der Waals surface area contributed by atoms with Crippen LogP contribution >= 0.6 is 0 Å². The molecule has 0 radical (unpaired) electrons. The van der Waals surface area contributed by atoms with Gasteiger partial charge in [0, 0.05) is 61.5 Å². The highest BCUT2D eigenvalue weighted by molar-refractivity contribution is 5.97. The summed E-state index contributed by atoms with van der Waals surface area (Å²) in [6, 6.07) is 13.8. The minimum atomic E-state index is -0.179. The molecule has 2 aliphatic rings. The lowest BCUT2D eigenvalue weighted by molar-refractivity contribution is -0.117. The number of likely N-dealkylation sites (tertiary alicyclic amines) is 2. The van der Waals surface area contributed by atoms with Crippen LogP contribution in [0.25, 0.3) is 0 Å². The van der Waals surface area contributed by atoms with Gasteiger partial charge in [-0.15, -0.1) is 0 Å². The van der Waals surface area contributed by atoms with Gasteiger partial charge in [0.2, 0.25) is 11.8 Å². The van der Waals surface area contributed by atoms with Crippen molar-refractivity contribution in [2.75, 3.05) is 36.8 Å². The molecule has 0 aliphatic carbocycles. The van der Waals surface area contributed by atoms with E-state index in [2.05, 4.69) is 10.6 Å². The average Bonchev–Trinajstić information content (AvgIpc) is 3.59. The van der Waals surface area contributed by atoms with Crippen LogP contribution in [0.3, 0.4) is 0 Å². The summed E-state index contributed by atoms with van der Waals surface area (Å²) in [6.07, 6.45) is 5.02. The summed E-state index contributed by atoms with van der Waals surface area (Å²) in [5, 5.41) is 5.62. The third-order valence-electron chi connectivity index (χ3n) is 6.43. The number of nitrogens with zero attached hydrogens (tertiary/aromatic N) is 2. The fourth-order valence-corrected chi connectivity index (χ4v) is 4.45. The Labute approximate surface area is 205 Å². The molecule has 0 saturated carbocycles. The first kappa shape index (κ1) is 24.4. The topological polar surface area (TPSA) is 98.8 Å². The van der Waals surface area contributed by atoms with E-state index in [0.717, 1.165) is 51.9 Å². The molecular weight excluding hydrogens is 444 g/mol. The highest BCUT2D eigenvalue weighted by atomic mass is 16.2. The predicted molar refractivity (Wildman–Crippen MR) is 134 cm³/mol. The number of hydrogen-bond donors (Lipinski definition) is 2. The van der Waals surface area contributed by atoms with Crippen molar-refractivity contribution in [3.05, 3.63) is 59.7 Å². The molecule has 0 atom stereocenters. The maximum absolute atomic E-state index is 12.4. The van der Waals surface area contributed by atoms with Crippen molar-refractivity contribution >= 4 is 35.0 Å². The van der Waals surface area contributed by atoms with E-state index < -0.39 is 0 Å². The van der Waals surface area contributed by atoms with E-state index in [1.165, 1.54) is 0 Å². The molecule has 2 saturated heterocycles. The lowest BCUT2D eigenvalue weighted by atomic mass is 10.1. The molecule has 2 N–H and O–H groups in total. The minimum absolute atomic E-state index is 0.0271. The van der Waals surface area contributed by atoms with Crippen molar-refractivity contribution in [1.82, 2.24) is 9.80 Å². The summed E-state index contributed by atoms with van der Waals surface area (Å²) in [5.41, 5.74) is 2.49. The van der Waals surface area contributed by atoms with Gasteiger partial charge in [0.05, 0.1) is 0 Å². The normalized spacial score (nSPS) is 15.2. The Hall–Kier alpha value is -3.68. The first-order chi connectivity index (χ1) is 17.0. The number of hydrogen-bond acceptors (Lipinski definition) is 4. The van der Waals surface area contributed by atoms with E-state index in [9.17, 15) is 19.2 Å². The van der Waals surface area contributed by atoms with Gasteiger partial charge in [-0.3, -0.25) is 19.2 Å². The molecule has 2 aliphatic heterocycles. The van der Waals surface area contributed by atoms with Crippen LogP contribution in [0.4, 0.5) is 11.4 Å². The Bertz CT molecular complexity index is 968. The number of amides is 4. The number of carbonyl (C=O) groups excluding carboxylic acids is 4. The third-order valence-corrected chi connectivity index (χ3v) is 6.43. The largest absolute Gasteiger partial charge is 0.339 e. The number of rotatable bonds is 8.